The third kappa shape index (κ3) is 4.33. The van der Waals surface area contributed by atoms with Crippen molar-refractivity contribution in [3.8, 4) is 0 Å². The molecule has 1 saturated heterocycles. The van der Waals surface area contributed by atoms with Crippen LogP contribution >= 0.6 is 0 Å². The molecule has 0 bridgehead atoms. The van der Waals surface area contributed by atoms with Gasteiger partial charge in [-0.05, 0) is 66.0 Å². The Kier molecular flexibility index (Phi) is 6.10. The fourth-order valence-electron chi connectivity index (χ4n) is 6.10. The molecule has 2 fully saturated rings. The second-order valence-corrected chi connectivity index (χ2v) is 10.9. The van der Waals surface area contributed by atoms with Crippen LogP contribution in [0, 0.1) is 6.92 Å². The number of fused-ring (bicyclic) bond motifs is 2. The first-order chi connectivity index (χ1) is 17.4. The van der Waals surface area contributed by atoms with Crippen LogP contribution in [0.25, 0.3) is 0 Å². The summed E-state index contributed by atoms with van der Waals surface area (Å²) in [6.07, 6.45) is 1.83. The van der Waals surface area contributed by atoms with Gasteiger partial charge in [-0.3, -0.25) is 4.90 Å². The number of rotatable bonds is 7. The highest BCUT2D eigenvalue weighted by Gasteiger charge is 2.33. The fraction of sp³-hybridized carbons (Fsp3) is 0.517. The molecule has 2 aromatic rings. The number of β-amino-alcohol motifs (C(OH)–C–C–N with tert-alkyl or cyclic N) is 1. The van der Waals surface area contributed by atoms with Crippen LogP contribution in [-0.2, 0) is 22.7 Å². The Morgan fingerprint density at radius 2 is 1.58 bits per heavy atom. The van der Waals surface area contributed by atoms with Gasteiger partial charge in [0.05, 0.1) is 17.2 Å². The number of cyclic esters (lactones) is 2. The first kappa shape index (κ1) is 23.6. The Hall–Kier alpha value is -2.74. The molecule has 4 aliphatic rings. The maximum Gasteiger partial charge on any atom is 0.338 e. The molecular formula is C29H34N2O5. The second-order valence-electron chi connectivity index (χ2n) is 10.9. The third-order valence-electron chi connectivity index (χ3n) is 8.43. The van der Waals surface area contributed by atoms with E-state index in [-0.39, 0.29) is 11.9 Å². The summed E-state index contributed by atoms with van der Waals surface area (Å²) in [5.41, 5.74) is 7.89. The van der Waals surface area contributed by atoms with Crippen LogP contribution in [0.3, 0.4) is 0 Å². The van der Waals surface area contributed by atoms with Crippen LogP contribution < -0.4 is 0 Å². The number of hydrogen-bond acceptors (Lipinski definition) is 7. The lowest BCUT2D eigenvalue weighted by Gasteiger charge is -2.37. The van der Waals surface area contributed by atoms with E-state index in [1.165, 1.54) is 24.0 Å². The summed E-state index contributed by atoms with van der Waals surface area (Å²) in [6, 6.07) is 7.99. The highest BCUT2D eigenvalue weighted by molar-refractivity contribution is 5.94. The van der Waals surface area contributed by atoms with Gasteiger partial charge >= 0.3 is 11.9 Å². The fourth-order valence-corrected chi connectivity index (χ4v) is 6.10. The number of ether oxygens (including phenoxy) is 2. The van der Waals surface area contributed by atoms with Gasteiger partial charge in [0.2, 0.25) is 0 Å². The molecule has 2 aromatic carbocycles. The minimum Gasteiger partial charge on any atom is -0.457 e. The summed E-state index contributed by atoms with van der Waals surface area (Å²) in [6.45, 7) is 10.3. The number of hydrogen-bond donors (Lipinski definition) is 1. The van der Waals surface area contributed by atoms with E-state index in [1.807, 2.05) is 13.0 Å². The molecule has 2 unspecified atom stereocenters. The molecule has 0 aromatic heterocycles. The van der Waals surface area contributed by atoms with Crippen molar-refractivity contribution in [2.24, 2.45) is 0 Å². The van der Waals surface area contributed by atoms with Gasteiger partial charge in [-0.15, -0.1) is 0 Å². The molecule has 6 rings (SSSR count). The van der Waals surface area contributed by atoms with E-state index in [0.29, 0.717) is 37.2 Å². The van der Waals surface area contributed by atoms with Crippen molar-refractivity contribution in [3.05, 3.63) is 68.8 Å². The van der Waals surface area contributed by atoms with Crippen LogP contribution in [0.2, 0.25) is 0 Å². The maximum atomic E-state index is 12.1. The van der Waals surface area contributed by atoms with Crippen molar-refractivity contribution < 1.29 is 24.2 Å². The second kappa shape index (κ2) is 9.29. The van der Waals surface area contributed by atoms with Crippen LogP contribution in [0.5, 0.6) is 0 Å². The van der Waals surface area contributed by atoms with Gasteiger partial charge in [0.25, 0.3) is 0 Å². The Labute approximate surface area is 212 Å². The SMILES string of the molecule is Cc1c(C(O)CN2CCN(CC(C)c3cc4c(cc3C3CC3)C(=O)OC4)CC2)ccc2c1COC2=O. The van der Waals surface area contributed by atoms with Gasteiger partial charge in [-0.25, -0.2) is 9.59 Å². The number of benzene rings is 2. The molecule has 1 aliphatic carbocycles. The first-order valence-electron chi connectivity index (χ1n) is 13.1. The topological polar surface area (TPSA) is 79.3 Å². The third-order valence-corrected chi connectivity index (χ3v) is 8.43. The van der Waals surface area contributed by atoms with Crippen molar-refractivity contribution >= 4 is 11.9 Å². The van der Waals surface area contributed by atoms with E-state index >= 15 is 0 Å². The first-order valence-corrected chi connectivity index (χ1v) is 13.1. The number of nitrogens with zero attached hydrogens (tertiary/aromatic N) is 2. The number of aliphatic hydroxyl groups is 1. The van der Waals surface area contributed by atoms with Crippen molar-refractivity contribution in [2.45, 2.75) is 57.8 Å². The molecule has 0 amide bonds. The smallest absolute Gasteiger partial charge is 0.338 e. The molecular weight excluding hydrogens is 456 g/mol. The van der Waals surface area contributed by atoms with Crippen LogP contribution in [0.4, 0.5) is 0 Å². The maximum absolute atomic E-state index is 12.1. The van der Waals surface area contributed by atoms with Crippen molar-refractivity contribution in [1.29, 1.82) is 0 Å². The monoisotopic (exact) mass is 490 g/mol. The van der Waals surface area contributed by atoms with E-state index in [4.69, 9.17) is 9.47 Å². The zero-order chi connectivity index (χ0) is 25.0. The molecule has 7 nitrogen and oxygen atoms in total. The molecule has 3 aliphatic heterocycles. The van der Waals surface area contributed by atoms with Crippen LogP contribution in [-0.4, -0.2) is 66.1 Å². The minimum absolute atomic E-state index is 0.179. The van der Waals surface area contributed by atoms with Crippen LogP contribution in [0.1, 0.15) is 91.8 Å². The van der Waals surface area contributed by atoms with Gasteiger partial charge in [-0.2, -0.15) is 0 Å². The minimum atomic E-state index is -0.589. The van der Waals surface area contributed by atoms with Gasteiger partial charge in [-0.1, -0.05) is 19.1 Å². The Morgan fingerprint density at radius 3 is 2.31 bits per heavy atom. The van der Waals surface area contributed by atoms with Gasteiger partial charge < -0.3 is 19.5 Å². The molecule has 1 saturated carbocycles. The van der Waals surface area contributed by atoms with E-state index in [2.05, 4.69) is 28.9 Å². The number of esters is 2. The number of carbonyl (C=O) groups excluding carboxylic acids is 2. The predicted octanol–water partition coefficient (Wildman–Crippen LogP) is 3.67. The molecule has 0 spiro atoms. The van der Waals surface area contributed by atoms with Gasteiger partial charge in [0, 0.05) is 50.4 Å². The standard InChI is InChI=1S/C29H34N2O5/c1-17(23-11-20-15-35-29(34)25(20)12-24(23)19-3-4-19)13-30-7-9-31(10-8-30)14-27(32)21-5-6-22-26(18(21)2)16-36-28(22)33/h5-6,11-12,17,19,27,32H,3-4,7-10,13-16H2,1-2H3. The summed E-state index contributed by atoms with van der Waals surface area (Å²) in [5.74, 6) is 0.524. The van der Waals surface area contributed by atoms with Gasteiger partial charge in [0.1, 0.15) is 13.2 Å². The van der Waals surface area contributed by atoms with Gasteiger partial charge in [0.15, 0.2) is 0 Å². The predicted molar refractivity (Wildman–Crippen MR) is 134 cm³/mol. The average molecular weight is 491 g/mol. The lowest BCUT2D eigenvalue weighted by atomic mass is 9.89. The lowest BCUT2D eigenvalue weighted by molar-refractivity contribution is 0.0526. The summed E-state index contributed by atoms with van der Waals surface area (Å²) in [7, 11) is 0. The molecule has 0 radical (unpaired) electrons. The zero-order valence-electron chi connectivity index (χ0n) is 21.1. The highest BCUT2D eigenvalue weighted by Crippen LogP contribution is 2.45. The molecule has 36 heavy (non-hydrogen) atoms. The van der Waals surface area contributed by atoms with E-state index in [9.17, 15) is 14.7 Å². The zero-order valence-corrected chi connectivity index (χ0v) is 21.1. The number of aliphatic hydroxyl groups excluding tert-OH is 1. The Balaban J connectivity index is 1.06. The van der Waals surface area contributed by atoms with Crippen molar-refractivity contribution in [2.75, 3.05) is 39.3 Å². The summed E-state index contributed by atoms with van der Waals surface area (Å²) >= 11 is 0. The quantitative estimate of drug-likeness (QED) is 0.594. The Morgan fingerprint density at radius 1 is 0.917 bits per heavy atom. The normalized spacial score (nSPS) is 21.6. The molecule has 7 heteroatoms. The van der Waals surface area contributed by atoms with Crippen molar-refractivity contribution in [3.63, 3.8) is 0 Å². The van der Waals surface area contributed by atoms with E-state index in [0.717, 1.165) is 60.5 Å². The van der Waals surface area contributed by atoms with Crippen molar-refractivity contribution in [1.82, 2.24) is 9.80 Å². The highest BCUT2D eigenvalue weighted by atomic mass is 16.5. The summed E-state index contributed by atoms with van der Waals surface area (Å²) in [4.78, 5) is 28.7. The summed E-state index contributed by atoms with van der Waals surface area (Å²) < 4.78 is 10.4. The lowest BCUT2D eigenvalue weighted by Crippen LogP contribution is -2.48. The Bertz CT molecular complexity index is 1210. The molecule has 190 valence electrons. The molecule has 3 heterocycles. The number of piperazine rings is 1. The number of carbonyl (C=O) groups is 2. The average Bonchev–Trinajstić information content (AvgIpc) is 3.56. The largest absolute Gasteiger partial charge is 0.457 e. The summed E-state index contributed by atoms with van der Waals surface area (Å²) in [5, 5.41) is 11.0. The van der Waals surface area contributed by atoms with E-state index in [1.54, 1.807) is 6.07 Å². The van der Waals surface area contributed by atoms with Crippen LogP contribution in [0.15, 0.2) is 24.3 Å². The van der Waals surface area contributed by atoms with E-state index < -0.39 is 6.10 Å². The molecule has 2 atom stereocenters. The molecule has 1 N–H and O–H groups in total.